The Hall–Kier alpha value is -0.570. The summed E-state index contributed by atoms with van der Waals surface area (Å²) in [6.45, 7) is 5.08. The minimum atomic E-state index is -0.0501. The molecular weight excluding hydrogens is 593 g/mol. The molecule has 0 saturated carbocycles. The molecule has 0 N–H and O–H groups in total. The van der Waals surface area contributed by atoms with Crippen molar-refractivity contribution in [2.24, 2.45) is 5.92 Å². The van der Waals surface area contributed by atoms with Crippen molar-refractivity contribution >= 4 is 95.3 Å². The lowest BCUT2D eigenvalue weighted by molar-refractivity contribution is -0.122. The van der Waals surface area contributed by atoms with Crippen molar-refractivity contribution in [1.29, 1.82) is 0 Å². The third-order valence-corrected chi connectivity index (χ3v) is 7.40. The lowest BCUT2D eigenvalue weighted by Gasteiger charge is -2.16. The Morgan fingerprint density at radius 2 is 1.83 bits per heavy atom. The molecule has 2 aromatic carbocycles. The number of thioether (sulfide) groups is 1. The Bertz CT molecular complexity index is 1020. The molecule has 1 heterocycles. The first kappa shape index (κ1) is 24.1. The van der Waals surface area contributed by atoms with Gasteiger partial charge in [-0.25, -0.2) is 0 Å². The van der Waals surface area contributed by atoms with Crippen LogP contribution in [0.3, 0.4) is 0 Å². The smallest absolute Gasteiger partial charge is 0.266 e. The Labute approximate surface area is 212 Å². The molecule has 1 fully saturated rings. The van der Waals surface area contributed by atoms with Gasteiger partial charge >= 0.3 is 0 Å². The molecule has 2 aromatic rings. The monoisotopic (exact) mass is 607 g/mol. The number of hydrogen-bond donors (Lipinski definition) is 0. The van der Waals surface area contributed by atoms with Crippen molar-refractivity contribution in [2.75, 3.05) is 6.54 Å². The second kappa shape index (κ2) is 10.4. The van der Waals surface area contributed by atoms with Gasteiger partial charge in [-0.3, -0.25) is 9.69 Å². The van der Waals surface area contributed by atoms with Crippen LogP contribution in [0.4, 0.5) is 0 Å². The van der Waals surface area contributed by atoms with Gasteiger partial charge in [0.2, 0.25) is 0 Å². The summed E-state index contributed by atoms with van der Waals surface area (Å²) in [5, 5.41) is 0.993. The van der Waals surface area contributed by atoms with Gasteiger partial charge in [0.25, 0.3) is 5.91 Å². The lowest BCUT2D eigenvalue weighted by atomic mass is 10.2. The van der Waals surface area contributed by atoms with Crippen LogP contribution in [-0.2, 0) is 11.4 Å². The standard InChI is InChI=1S/C21H17Br2Cl2NO2S2/c1-11(2)9-26-20(27)18(30-21(26)29)8-13-5-14(22)19(15(23)6-13)28-10-12-3-4-16(24)17(25)7-12/h3-8,11H,9-10H2,1-2H3/b18-8-. The van der Waals surface area contributed by atoms with Crippen LogP contribution in [0.1, 0.15) is 25.0 Å². The summed E-state index contributed by atoms with van der Waals surface area (Å²) in [4.78, 5) is 15.0. The van der Waals surface area contributed by atoms with Crippen LogP contribution in [0.15, 0.2) is 44.2 Å². The highest BCUT2D eigenvalue weighted by molar-refractivity contribution is 9.11. The lowest BCUT2D eigenvalue weighted by Crippen LogP contribution is -2.31. The van der Waals surface area contributed by atoms with E-state index in [1.807, 2.05) is 24.3 Å². The van der Waals surface area contributed by atoms with Gasteiger partial charge in [-0.2, -0.15) is 0 Å². The van der Waals surface area contributed by atoms with Gasteiger partial charge in [0, 0.05) is 6.54 Å². The second-order valence-electron chi connectivity index (χ2n) is 7.04. The van der Waals surface area contributed by atoms with E-state index in [1.165, 1.54) is 11.8 Å². The van der Waals surface area contributed by atoms with E-state index in [1.54, 1.807) is 17.0 Å². The number of nitrogens with zero attached hydrogens (tertiary/aromatic N) is 1. The number of thiocarbonyl (C=S) groups is 1. The van der Waals surface area contributed by atoms with E-state index in [-0.39, 0.29) is 5.91 Å². The van der Waals surface area contributed by atoms with Gasteiger partial charge in [-0.05, 0) is 79.2 Å². The number of amides is 1. The van der Waals surface area contributed by atoms with E-state index >= 15 is 0 Å². The molecule has 30 heavy (non-hydrogen) atoms. The zero-order valence-corrected chi connectivity index (χ0v) is 22.4. The zero-order valence-electron chi connectivity index (χ0n) is 16.0. The minimum absolute atomic E-state index is 0.0501. The SMILES string of the molecule is CC(C)CN1C(=O)/C(=C/c2cc(Br)c(OCc3ccc(Cl)c(Cl)c3)c(Br)c2)SC1=S. The molecule has 0 aromatic heterocycles. The van der Waals surface area contributed by atoms with E-state index in [0.29, 0.717) is 44.1 Å². The van der Waals surface area contributed by atoms with Gasteiger partial charge in [0.15, 0.2) is 0 Å². The number of benzene rings is 2. The van der Waals surface area contributed by atoms with Crippen LogP contribution >= 0.6 is 79.0 Å². The van der Waals surface area contributed by atoms with Crippen molar-refractivity contribution in [1.82, 2.24) is 4.90 Å². The highest BCUT2D eigenvalue weighted by atomic mass is 79.9. The van der Waals surface area contributed by atoms with Crippen molar-refractivity contribution in [3.05, 3.63) is 65.4 Å². The Morgan fingerprint density at radius 1 is 1.17 bits per heavy atom. The first-order valence-corrected chi connectivity index (χ1v) is 12.5. The minimum Gasteiger partial charge on any atom is -0.487 e. The molecule has 3 nitrogen and oxygen atoms in total. The van der Waals surface area contributed by atoms with E-state index < -0.39 is 0 Å². The summed E-state index contributed by atoms with van der Waals surface area (Å²) in [7, 11) is 0. The summed E-state index contributed by atoms with van der Waals surface area (Å²) in [6, 6.07) is 9.20. The van der Waals surface area contributed by atoms with Crippen LogP contribution in [0.2, 0.25) is 10.0 Å². The summed E-state index contributed by atoms with van der Waals surface area (Å²) in [6.07, 6.45) is 1.85. The molecule has 1 saturated heterocycles. The van der Waals surface area contributed by atoms with Gasteiger partial charge in [0.05, 0.1) is 23.9 Å². The van der Waals surface area contributed by atoms with Crippen LogP contribution in [0.5, 0.6) is 5.75 Å². The number of carbonyl (C=O) groups excluding carboxylic acids is 1. The maximum absolute atomic E-state index is 12.7. The zero-order chi connectivity index (χ0) is 22.0. The average molecular weight is 610 g/mol. The first-order chi connectivity index (χ1) is 14.2. The van der Waals surface area contributed by atoms with E-state index in [0.717, 1.165) is 20.1 Å². The Balaban J connectivity index is 1.77. The fraction of sp³-hybridized carbons (Fsp3) is 0.238. The van der Waals surface area contributed by atoms with E-state index in [2.05, 4.69) is 45.7 Å². The molecule has 1 amide bonds. The number of ether oxygens (including phenoxy) is 1. The number of rotatable bonds is 6. The summed E-state index contributed by atoms with van der Waals surface area (Å²) < 4.78 is 8.08. The highest BCUT2D eigenvalue weighted by Gasteiger charge is 2.32. The topological polar surface area (TPSA) is 29.5 Å². The summed E-state index contributed by atoms with van der Waals surface area (Å²) >= 11 is 25.8. The van der Waals surface area contributed by atoms with Crippen LogP contribution < -0.4 is 4.74 Å². The van der Waals surface area contributed by atoms with Crippen molar-refractivity contribution in [3.8, 4) is 5.75 Å². The predicted octanol–water partition coefficient (Wildman–Crippen LogP) is 7.95. The molecule has 0 aliphatic carbocycles. The quantitative estimate of drug-likeness (QED) is 0.245. The van der Waals surface area contributed by atoms with Gasteiger partial charge < -0.3 is 4.74 Å². The van der Waals surface area contributed by atoms with Gasteiger partial charge in [0.1, 0.15) is 16.7 Å². The molecular formula is C21H17Br2Cl2NO2S2. The van der Waals surface area contributed by atoms with Crippen LogP contribution in [0, 0.1) is 5.92 Å². The fourth-order valence-corrected chi connectivity index (χ4v) is 5.81. The van der Waals surface area contributed by atoms with Crippen LogP contribution in [0.25, 0.3) is 6.08 Å². The summed E-state index contributed by atoms with van der Waals surface area (Å²) in [5.74, 6) is 0.957. The summed E-state index contributed by atoms with van der Waals surface area (Å²) in [5.41, 5.74) is 1.77. The Kier molecular flexibility index (Phi) is 8.32. The highest BCUT2D eigenvalue weighted by Crippen LogP contribution is 2.38. The number of carbonyl (C=O) groups is 1. The van der Waals surface area contributed by atoms with Gasteiger partial charge in [-0.15, -0.1) is 0 Å². The predicted molar refractivity (Wildman–Crippen MR) is 137 cm³/mol. The van der Waals surface area contributed by atoms with Gasteiger partial charge in [-0.1, -0.05) is 67.1 Å². The number of hydrogen-bond acceptors (Lipinski definition) is 4. The molecule has 9 heteroatoms. The molecule has 0 radical (unpaired) electrons. The van der Waals surface area contributed by atoms with E-state index in [9.17, 15) is 4.79 Å². The largest absolute Gasteiger partial charge is 0.487 e. The van der Waals surface area contributed by atoms with Crippen LogP contribution in [-0.4, -0.2) is 21.7 Å². The average Bonchev–Trinajstić information content (AvgIpc) is 2.91. The van der Waals surface area contributed by atoms with Crippen molar-refractivity contribution in [2.45, 2.75) is 20.5 Å². The molecule has 0 atom stereocenters. The number of halogens is 4. The van der Waals surface area contributed by atoms with E-state index in [4.69, 9.17) is 40.2 Å². The third kappa shape index (κ3) is 5.81. The molecule has 0 spiro atoms. The second-order valence-corrected chi connectivity index (χ2v) is 11.2. The maximum Gasteiger partial charge on any atom is 0.266 e. The molecule has 1 aliphatic rings. The third-order valence-electron chi connectivity index (χ3n) is 4.11. The molecule has 158 valence electrons. The molecule has 1 aliphatic heterocycles. The first-order valence-electron chi connectivity index (χ1n) is 8.97. The molecule has 0 unspecified atom stereocenters. The maximum atomic E-state index is 12.7. The normalized spacial score (nSPS) is 15.6. The molecule has 0 bridgehead atoms. The Morgan fingerprint density at radius 3 is 2.43 bits per heavy atom. The molecule has 3 rings (SSSR count). The van der Waals surface area contributed by atoms with Crippen molar-refractivity contribution in [3.63, 3.8) is 0 Å². The van der Waals surface area contributed by atoms with Crippen molar-refractivity contribution < 1.29 is 9.53 Å². The fourth-order valence-electron chi connectivity index (χ4n) is 2.76.